The van der Waals surface area contributed by atoms with Gasteiger partial charge in [0.1, 0.15) is 6.61 Å². The van der Waals surface area contributed by atoms with E-state index in [0.717, 1.165) is 9.36 Å². The van der Waals surface area contributed by atoms with E-state index in [1.165, 1.54) is 25.2 Å². The van der Waals surface area contributed by atoms with Gasteiger partial charge in [-0.2, -0.15) is 18.1 Å². The molecule has 0 aliphatic rings. The Morgan fingerprint density at radius 1 is 1.42 bits per heavy atom. The van der Waals surface area contributed by atoms with Crippen molar-refractivity contribution in [2.75, 3.05) is 0 Å². The van der Waals surface area contributed by atoms with Crippen LogP contribution in [0.5, 0.6) is 0 Å². The van der Waals surface area contributed by atoms with Crippen LogP contribution in [0.3, 0.4) is 0 Å². The summed E-state index contributed by atoms with van der Waals surface area (Å²) in [7, 11) is 1.42. The van der Waals surface area contributed by atoms with Gasteiger partial charge in [-0.15, -0.1) is 0 Å². The Bertz CT molecular complexity index is 777. The van der Waals surface area contributed by atoms with E-state index >= 15 is 0 Å². The van der Waals surface area contributed by atoms with Crippen molar-refractivity contribution in [1.82, 2.24) is 25.3 Å². The molecule has 130 valence electrons. The van der Waals surface area contributed by atoms with Crippen molar-refractivity contribution in [3.05, 3.63) is 34.2 Å². The molecule has 11 heteroatoms. The zero-order valence-corrected chi connectivity index (χ0v) is 13.7. The van der Waals surface area contributed by atoms with E-state index in [4.69, 9.17) is 4.84 Å². The minimum atomic E-state index is -2.65. The number of amides is 1. The Balaban J connectivity index is 2.40. The Labute approximate surface area is 139 Å². The zero-order valence-electron chi connectivity index (χ0n) is 12.9. The number of alkyl halides is 2. The fourth-order valence-electron chi connectivity index (χ4n) is 1.83. The summed E-state index contributed by atoms with van der Waals surface area (Å²) in [6.45, 7) is 1.43. The Morgan fingerprint density at radius 3 is 2.75 bits per heavy atom. The van der Waals surface area contributed by atoms with Gasteiger partial charge in [0, 0.05) is 23.9 Å². The number of rotatable bonds is 7. The molecule has 2 aromatic rings. The number of halogens is 2. The Kier molecular flexibility index (Phi) is 6.04. The van der Waals surface area contributed by atoms with Crippen LogP contribution in [0, 0.1) is 0 Å². The van der Waals surface area contributed by atoms with Gasteiger partial charge in [-0.05, 0) is 22.6 Å². The number of carbonyl (C=O) groups excluding carboxylic acids is 1. The van der Waals surface area contributed by atoms with Crippen molar-refractivity contribution in [2.45, 2.75) is 30.6 Å². The number of hydrogen-bond acceptors (Lipinski definition) is 6. The third kappa shape index (κ3) is 4.17. The number of benzene rings is 1. The van der Waals surface area contributed by atoms with Gasteiger partial charge < -0.3 is 0 Å². The third-order valence-electron chi connectivity index (χ3n) is 3.00. The normalized spacial score (nSPS) is 11.0. The monoisotopic (exact) mass is 359 g/mol. The maximum atomic E-state index is 12.8. The molecule has 0 bridgehead atoms. The van der Waals surface area contributed by atoms with Crippen LogP contribution in [0.1, 0.15) is 18.9 Å². The molecule has 24 heavy (non-hydrogen) atoms. The van der Waals surface area contributed by atoms with Gasteiger partial charge in [-0.1, -0.05) is 24.8 Å². The number of nitrogens with zero attached hydrogens (tertiary/aromatic N) is 4. The highest BCUT2D eigenvalue weighted by Gasteiger charge is 2.18. The van der Waals surface area contributed by atoms with Crippen molar-refractivity contribution in [1.29, 1.82) is 0 Å². The molecule has 1 N–H and O–H groups in total. The number of thioether (sulfide) groups is 1. The number of carbonyl (C=O) groups is 1. The van der Waals surface area contributed by atoms with Gasteiger partial charge in [0.15, 0.2) is 0 Å². The number of nitrogens with one attached hydrogen (secondary N) is 1. The van der Waals surface area contributed by atoms with E-state index in [9.17, 15) is 18.4 Å². The Morgan fingerprint density at radius 2 is 2.17 bits per heavy atom. The molecular formula is C13H15F2N5O3S. The van der Waals surface area contributed by atoms with E-state index in [0.29, 0.717) is 17.3 Å². The topological polar surface area (TPSA) is 91.0 Å². The summed E-state index contributed by atoms with van der Waals surface area (Å²) in [4.78, 5) is 28.5. The van der Waals surface area contributed by atoms with Crippen molar-refractivity contribution in [3.8, 4) is 5.69 Å². The summed E-state index contributed by atoms with van der Waals surface area (Å²) in [5.74, 6) is -3.00. The predicted molar refractivity (Wildman–Crippen MR) is 81.7 cm³/mol. The second-order valence-corrected chi connectivity index (χ2v) is 5.63. The van der Waals surface area contributed by atoms with E-state index in [2.05, 4.69) is 15.9 Å². The largest absolute Gasteiger partial charge is 0.368 e. The average molecular weight is 359 g/mol. The second-order valence-electron chi connectivity index (χ2n) is 4.60. The molecule has 0 saturated carbocycles. The summed E-state index contributed by atoms with van der Waals surface area (Å²) in [5.41, 5.74) is 2.21. The van der Waals surface area contributed by atoms with Crippen molar-refractivity contribution in [2.24, 2.45) is 7.05 Å². The lowest BCUT2D eigenvalue weighted by Crippen LogP contribution is -2.25. The minimum Gasteiger partial charge on any atom is -0.273 e. The van der Waals surface area contributed by atoms with Crippen molar-refractivity contribution < 1.29 is 18.4 Å². The number of aryl methyl sites for hydroxylation is 1. The van der Waals surface area contributed by atoms with Crippen LogP contribution in [-0.2, 0) is 23.3 Å². The van der Waals surface area contributed by atoms with Crippen LogP contribution in [0.25, 0.3) is 5.69 Å². The molecule has 0 saturated heterocycles. The van der Waals surface area contributed by atoms with Crippen LogP contribution in [0.2, 0.25) is 0 Å². The molecule has 0 aliphatic heterocycles. The minimum absolute atomic E-state index is 0.208. The smallest absolute Gasteiger partial charge is 0.273 e. The lowest BCUT2D eigenvalue weighted by molar-refractivity contribution is -0.134. The fourth-order valence-corrected chi connectivity index (χ4v) is 2.48. The lowest BCUT2D eigenvalue weighted by atomic mass is 10.2. The molecule has 0 fully saturated rings. The molecule has 0 radical (unpaired) electrons. The highest BCUT2D eigenvalue weighted by molar-refractivity contribution is 7.99. The van der Waals surface area contributed by atoms with E-state index in [1.807, 2.05) is 0 Å². The molecular weight excluding hydrogens is 344 g/mol. The van der Waals surface area contributed by atoms with Gasteiger partial charge in [-0.25, -0.2) is 10.3 Å². The molecule has 1 heterocycles. The van der Waals surface area contributed by atoms with Crippen molar-refractivity contribution in [3.63, 3.8) is 0 Å². The van der Waals surface area contributed by atoms with Crippen molar-refractivity contribution >= 4 is 17.7 Å². The quantitative estimate of drug-likeness (QED) is 0.591. The maximum absolute atomic E-state index is 12.8. The summed E-state index contributed by atoms with van der Waals surface area (Å²) in [6, 6.07) is 4.53. The molecule has 2 rings (SSSR count). The number of hydroxylamine groups is 1. The summed E-state index contributed by atoms with van der Waals surface area (Å²) in [6.07, 6.45) is 0.212. The first-order valence-corrected chi connectivity index (χ1v) is 7.78. The Hall–Kier alpha value is -2.27. The molecule has 1 amide bonds. The highest BCUT2D eigenvalue weighted by Crippen LogP contribution is 2.31. The van der Waals surface area contributed by atoms with Gasteiger partial charge in [0.05, 0.1) is 5.69 Å². The molecule has 8 nitrogen and oxygen atoms in total. The first-order chi connectivity index (χ1) is 11.4. The number of tetrazole rings is 1. The molecule has 0 atom stereocenters. The van der Waals surface area contributed by atoms with Crippen LogP contribution < -0.4 is 11.2 Å². The molecule has 1 aromatic carbocycles. The summed E-state index contributed by atoms with van der Waals surface area (Å²) >= 11 is 0.315. The summed E-state index contributed by atoms with van der Waals surface area (Å²) in [5, 5.41) is 7.30. The first-order valence-electron chi connectivity index (χ1n) is 6.90. The first kappa shape index (κ1) is 18.1. The highest BCUT2D eigenvalue weighted by atomic mass is 32.2. The van der Waals surface area contributed by atoms with Gasteiger partial charge in [0.25, 0.3) is 5.76 Å². The van der Waals surface area contributed by atoms with E-state index < -0.39 is 11.4 Å². The van der Waals surface area contributed by atoms with Gasteiger partial charge in [-0.3, -0.25) is 9.63 Å². The lowest BCUT2D eigenvalue weighted by Gasteiger charge is -2.13. The van der Waals surface area contributed by atoms with Crippen LogP contribution >= 0.6 is 11.8 Å². The van der Waals surface area contributed by atoms with Gasteiger partial charge >= 0.3 is 5.69 Å². The second kappa shape index (κ2) is 8.02. The molecule has 0 unspecified atom stereocenters. The van der Waals surface area contributed by atoms with E-state index in [1.54, 1.807) is 6.92 Å². The molecule has 1 aromatic heterocycles. The predicted octanol–water partition coefficient (Wildman–Crippen LogP) is 1.24. The zero-order chi connectivity index (χ0) is 17.7. The summed E-state index contributed by atoms with van der Waals surface area (Å²) < 4.78 is 27.5. The van der Waals surface area contributed by atoms with Crippen LogP contribution in [-0.4, -0.2) is 31.5 Å². The van der Waals surface area contributed by atoms with Gasteiger partial charge in [0.2, 0.25) is 5.91 Å². The average Bonchev–Trinajstić information content (AvgIpc) is 2.87. The number of hydrogen-bond donors (Lipinski definition) is 1. The maximum Gasteiger partial charge on any atom is 0.368 e. The van der Waals surface area contributed by atoms with Crippen LogP contribution in [0.4, 0.5) is 8.78 Å². The SMILES string of the molecule is CCC(=O)NOCc1c(SC(F)F)cccc1-n1nnn(C)c1=O. The third-order valence-corrected chi connectivity index (χ3v) is 3.81. The molecule has 0 aliphatic carbocycles. The van der Waals surface area contributed by atoms with E-state index in [-0.39, 0.29) is 29.5 Å². The fraction of sp³-hybridized carbons (Fsp3) is 0.385. The number of aromatic nitrogens is 4. The standard InChI is InChI=1S/C13H15F2N5O3S/c1-3-11(21)16-23-7-8-9(20-13(22)19(2)17-18-20)5-4-6-10(8)24-12(14)15/h4-6,12H,3,7H2,1-2H3,(H,16,21). The van der Waals surface area contributed by atoms with Crippen LogP contribution in [0.15, 0.2) is 27.9 Å². The molecule has 0 spiro atoms.